The first kappa shape index (κ1) is 21.8. The molecule has 2 unspecified atom stereocenters. The molecule has 2 aliphatic rings. The summed E-state index contributed by atoms with van der Waals surface area (Å²) in [4.78, 5) is 12.6. The molecule has 2 fully saturated rings. The Morgan fingerprint density at radius 1 is 1.15 bits per heavy atom. The van der Waals surface area contributed by atoms with E-state index in [0.29, 0.717) is 6.54 Å². The summed E-state index contributed by atoms with van der Waals surface area (Å²) in [6.45, 7) is 0.688. The molecule has 2 saturated carbocycles. The van der Waals surface area contributed by atoms with E-state index in [2.05, 4.69) is 17.4 Å². The number of methoxy groups -OCH3 is 2. The molecule has 3 rings (SSSR count). The Morgan fingerprint density at radius 3 is 2.44 bits per heavy atom. The number of rotatable bonds is 6. The van der Waals surface area contributed by atoms with Gasteiger partial charge in [0.25, 0.3) is 0 Å². The highest BCUT2D eigenvalue weighted by atomic mass is 35.5. The largest absolute Gasteiger partial charge is 0.493 e. The molecule has 5 nitrogen and oxygen atoms in total. The summed E-state index contributed by atoms with van der Waals surface area (Å²) in [6.07, 6.45) is 8.52. The van der Waals surface area contributed by atoms with E-state index in [1.807, 2.05) is 6.07 Å². The molecular formula is C21H33ClN2O3. The minimum Gasteiger partial charge on any atom is -0.493 e. The van der Waals surface area contributed by atoms with Crippen LogP contribution in [0.3, 0.4) is 0 Å². The maximum atomic E-state index is 12.6. The van der Waals surface area contributed by atoms with Gasteiger partial charge in [0.1, 0.15) is 0 Å². The third-order valence-corrected chi connectivity index (χ3v) is 6.25. The number of hydrogen-bond donors (Lipinski definition) is 2. The normalized spacial score (nSPS) is 24.0. The van der Waals surface area contributed by atoms with Crippen molar-refractivity contribution in [2.24, 2.45) is 11.7 Å². The van der Waals surface area contributed by atoms with Crippen LogP contribution in [0.15, 0.2) is 18.2 Å². The Labute approximate surface area is 168 Å². The predicted molar refractivity (Wildman–Crippen MR) is 110 cm³/mol. The number of nitrogens with one attached hydrogen (secondary N) is 1. The second-order valence-corrected chi connectivity index (χ2v) is 7.90. The quantitative estimate of drug-likeness (QED) is 0.770. The van der Waals surface area contributed by atoms with E-state index in [4.69, 9.17) is 15.2 Å². The molecule has 0 saturated heterocycles. The van der Waals surface area contributed by atoms with E-state index in [0.717, 1.165) is 43.6 Å². The van der Waals surface area contributed by atoms with Crippen LogP contribution in [0, 0.1) is 5.92 Å². The van der Waals surface area contributed by atoms with Gasteiger partial charge in [-0.15, -0.1) is 12.4 Å². The van der Waals surface area contributed by atoms with Crippen LogP contribution in [0.4, 0.5) is 0 Å². The van der Waals surface area contributed by atoms with Gasteiger partial charge in [0.05, 0.1) is 14.2 Å². The predicted octanol–water partition coefficient (Wildman–Crippen LogP) is 3.57. The van der Waals surface area contributed by atoms with Crippen molar-refractivity contribution < 1.29 is 14.3 Å². The van der Waals surface area contributed by atoms with Gasteiger partial charge in [-0.3, -0.25) is 4.79 Å². The minimum absolute atomic E-state index is 0. The number of ether oxygens (including phenoxy) is 2. The van der Waals surface area contributed by atoms with E-state index in [-0.39, 0.29) is 35.7 Å². The van der Waals surface area contributed by atoms with Crippen LogP contribution in [0.5, 0.6) is 11.5 Å². The number of benzene rings is 1. The Kier molecular flexibility index (Phi) is 7.80. The van der Waals surface area contributed by atoms with Gasteiger partial charge in [0.15, 0.2) is 11.5 Å². The van der Waals surface area contributed by atoms with Crippen molar-refractivity contribution in [3.63, 3.8) is 0 Å². The lowest BCUT2D eigenvalue weighted by Gasteiger charge is -2.38. The Morgan fingerprint density at radius 2 is 1.85 bits per heavy atom. The number of carbonyl (C=O) groups excluding carboxylic acids is 1. The van der Waals surface area contributed by atoms with Crippen molar-refractivity contribution in [2.45, 2.75) is 62.8 Å². The van der Waals surface area contributed by atoms with Crippen molar-refractivity contribution in [1.82, 2.24) is 5.32 Å². The van der Waals surface area contributed by atoms with Crippen LogP contribution in [-0.4, -0.2) is 32.7 Å². The Hall–Kier alpha value is -1.46. The minimum atomic E-state index is -0.0197. The first-order chi connectivity index (χ1) is 12.6. The fourth-order valence-electron chi connectivity index (χ4n) is 4.62. The summed E-state index contributed by atoms with van der Waals surface area (Å²) in [5.74, 6) is 1.74. The lowest BCUT2D eigenvalue weighted by molar-refractivity contribution is -0.125. The van der Waals surface area contributed by atoms with Gasteiger partial charge in [-0.05, 0) is 49.8 Å². The fraction of sp³-hybridized carbons (Fsp3) is 0.667. The molecule has 0 aliphatic heterocycles. The summed E-state index contributed by atoms with van der Waals surface area (Å²) in [7, 11) is 3.32. The van der Waals surface area contributed by atoms with Crippen LogP contribution in [0.1, 0.15) is 56.9 Å². The van der Waals surface area contributed by atoms with Gasteiger partial charge < -0.3 is 20.5 Å². The molecule has 6 heteroatoms. The third kappa shape index (κ3) is 4.88. The molecule has 0 bridgehead atoms. The maximum absolute atomic E-state index is 12.6. The van der Waals surface area contributed by atoms with Crippen molar-refractivity contribution >= 4 is 18.3 Å². The number of nitrogens with two attached hydrogens (primary N) is 1. The fourth-order valence-corrected chi connectivity index (χ4v) is 4.62. The molecule has 152 valence electrons. The topological polar surface area (TPSA) is 73.6 Å². The Bertz CT molecular complexity index is 632. The molecule has 0 radical (unpaired) electrons. The van der Waals surface area contributed by atoms with Gasteiger partial charge in [-0.25, -0.2) is 0 Å². The summed E-state index contributed by atoms with van der Waals surface area (Å²) in [5, 5.41) is 3.25. The van der Waals surface area contributed by atoms with Crippen LogP contribution in [0.2, 0.25) is 0 Å². The van der Waals surface area contributed by atoms with Crippen molar-refractivity contribution in [3.05, 3.63) is 23.8 Å². The summed E-state index contributed by atoms with van der Waals surface area (Å²) in [5.41, 5.74) is 7.19. The van der Waals surface area contributed by atoms with Gasteiger partial charge >= 0.3 is 0 Å². The number of hydrogen-bond acceptors (Lipinski definition) is 4. The first-order valence-corrected chi connectivity index (χ1v) is 9.84. The van der Waals surface area contributed by atoms with Crippen LogP contribution in [0.25, 0.3) is 0 Å². The van der Waals surface area contributed by atoms with Crippen molar-refractivity contribution in [2.75, 3.05) is 20.8 Å². The van der Waals surface area contributed by atoms with E-state index in [1.54, 1.807) is 14.2 Å². The molecule has 1 aromatic rings. The average molecular weight is 397 g/mol. The highest BCUT2D eigenvalue weighted by Gasteiger charge is 2.36. The lowest BCUT2D eigenvalue weighted by Crippen LogP contribution is -2.44. The van der Waals surface area contributed by atoms with Crippen LogP contribution >= 0.6 is 12.4 Å². The number of halogens is 1. The zero-order valence-corrected chi connectivity index (χ0v) is 17.3. The lowest BCUT2D eigenvalue weighted by atomic mass is 9.69. The van der Waals surface area contributed by atoms with Crippen molar-refractivity contribution in [1.29, 1.82) is 0 Å². The van der Waals surface area contributed by atoms with Gasteiger partial charge in [-0.1, -0.05) is 25.3 Å². The number of carbonyl (C=O) groups is 1. The number of amides is 1. The van der Waals surface area contributed by atoms with Crippen LogP contribution in [-0.2, 0) is 10.2 Å². The van der Waals surface area contributed by atoms with Gasteiger partial charge in [-0.2, -0.15) is 0 Å². The van der Waals surface area contributed by atoms with Crippen LogP contribution < -0.4 is 20.5 Å². The zero-order chi connectivity index (χ0) is 18.6. The average Bonchev–Trinajstić information content (AvgIpc) is 3.12. The van der Waals surface area contributed by atoms with Gasteiger partial charge in [0.2, 0.25) is 5.91 Å². The molecule has 3 N–H and O–H groups in total. The molecular weight excluding hydrogens is 364 g/mol. The highest BCUT2D eigenvalue weighted by molar-refractivity contribution is 5.85. The first-order valence-electron chi connectivity index (χ1n) is 9.84. The summed E-state index contributed by atoms with van der Waals surface area (Å²) < 4.78 is 10.9. The molecule has 2 atom stereocenters. The van der Waals surface area contributed by atoms with E-state index in [1.165, 1.54) is 24.8 Å². The summed E-state index contributed by atoms with van der Waals surface area (Å²) in [6, 6.07) is 6.37. The molecule has 0 spiro atoms. The SMILES string of the molecule is COc1ccc(C2(CNC(=O)C3CCC(N)C3)CCCCC2)cc1OC.Cl. The second-order valence-electron chi connectivity index (χ2n) is 7.90. The molecule has 1 amide bonds. The summed E-state index contributed by atoms with van der Waals surface area (Å²) >= 11 is 0. The molecule has 0 heterocycles. The molecule has 1 aromatic carbocycles. The third-order valence-electron chi connectivity index (χ3n) is 6.25. The maximum Gasteiger partial charge on any atom is 0.223 e. The van der Waals surface area contributed by atoms with Gasteiger partial charge in [0, 0.05) is 23.9 Å². The van der Waals surface area contributed by atoms with E-state index in [9.17, 15) is 4.79 Å². The highest BCUT2D eigenvalue weighted by Crippen LogP contribution is 2.42. The molecule has 0 aromatic heterocycles. The second kappa shape index (κ2) is 9.65. The van der Waals surface area contributed by atoms with E-state index < -0.39 is 0 Å². The molecule has 27 heavy (non-hydrogen) atoms. The smallest absolute Gasteiger partial charge is 0.223 e. The molecule has 2 aliphatic carbocycles. The van der Waals surface area contributed by atoms with E-state index >= 15 is 0 Å². The zero-order valence-electron chi connectivity index (χ0n) is 16.5. The van der Waals surface area contributed by atoms with Crippen molar-refractivity contribution in [3.8, 4) is 11.5 Å². The Balaban J connectivity index is 0.00000261. The monoisotopic (exact) mass is 396 g/mol. The standard InChI is InChI=1S/C21H32N2O3.ClH/c1-25-18-9-7-16(13-19(18)26-2)21(10-4-3-5-11-21)14-23-20(24)15-6-8-17(22)12-15;/h7,9,13,15,17H,3-6,8,10-12,14,22H2,1-2H3,(H,23,24);1H.